The Balaban J connectivity index is 1.46. The SMILES string of the molecule is CCC(C)C(NC(=O)OCC1c2ccccc2-c2ccccc21)C(=O)N(CC(=O)O)C1CCCC1. The summed E-state index contributed by atoms with van der Waals surface area (Å²) < 4.78 is 5.66. The molecule has 0 bridgehead atoms. The average molecular weight is 479 g/mol. The van der Waals surface area contributed by atoms with Crippen molar-refractivity contribution in [2.24, 2.45) is 5.92 Å². The number of carboxylic acid groups (broad SMARTS) is 1. The zero-order valence-electron chi connectivity index (χ0n) is 20.4. The first-order valence-corrected chi connectivity index (χ1v) is 12.5. The van der Waals surface area contributed by atoms with E-state index in [1.807, 2.05) is 38.1 Å². The highest BCUT2D eigenvalue weighted by Crippen LogP contribution is 2.44. The first-order chi connectivity index (χ1) is 16.9. The second-order valence-corrected chi connectivity index (χ2v) is 9.63. The number of carbonyl (C=O) groups is 3. The molecular formula is C28H34N2O5. The van der Waals surface area contributed by atoms with E-state index in [1.54, 1.807) is 0 Å². The lowest BCUT2D eigenvalue weighted by atomic mass is 9.97. The largest absolute Gasteiger partial charge is 0.480 e. The molecule has 2 unspecified atom stereocenters. The second-order valence-electron chi connectivity index (χ2n) is 9.63. The lowest BCUT2D eigenvalue weighted by Crippen LogP contribution is -2.55. The molecule has 7 heteroatoms. The summed E-state index contributed by atoms with van der Waals surface area (Å²) in [6, 6.07) is 15.3. The summed E-state index contributed by atoms with van der Waals surface area (Å²) >= 11 is 0. The van der Waals surface area contributed by atoms with Gasteiger partial charge in [-0.25, -0.2) is 4.79 Å². The van der Waals surface area contributed by atoms with Crippen LogP contribution in [0.15, 0.2) is 48.5 Å². The standard InChI is InChI=1S/C28H34N2O5/c1-3-18(2)26(27(33)30(16-25(31)32)19-10-4-5-11-19)29-28(34)35-17-24-22-14-8-6-12-20(22)21-13-7-9-15-23(21)24/h6-9,12-15,18-19,24,26H,3-5,10-11,16-17H2,1-2H3,(H,29,34)(H,31,32). The van der Waals surface area contributed by atoms with Crippen LogP contribution in [0.4, 0.5) is 4.79 Å². The fourth-order valence-corrected chi connectivity index (χ4v) is 5.38. The van der Waals surface area contributed by atoms with E-state index >= 15 is 0 Å². The van der Waals surface area contributed by atoms with Gasteiger partial charge in [-0.05, 0) is 41.0 Å². The minimum absolute atomic E-state index is 0.0760. The van der Waals surface area contributed by atoms with Gasteiger partial charge >= 0.3 is 12.1 Å². The number of rotatable bonds is 9. The van der Waals surface area contributed by atoms with Crippen molar-refractivity contribution >= 4 is 18.0 Å². The van der Waals surface area contributed by atoms with Crippen LogP contribution >= 0.6 is 0 Å². The molecule has 2 N–H and O–H groups in total. The van der Waals surface area contributed by atoms with Crippen LogP contribution in [0.25, 0.3) is 11.1 Å². The number of nitrogens with zero attached hydrogens (tertiary/aromatic N) is 1. The Morgan fingerprint density at radius 2 is 1.60 bits per heavy atom. The summed E-state index contributed by atoms with van der Waals surface area (Å²) in [5.41, 5.74) is 4.52. The number of nitrogens with one attached hydrogen (secondary N) is 1. The normalized spacial score (nSPS) is 16.7. The van der Waals surface area contributed by atoms with Gasteiger partial charge in [0.15, 0.2) is 0 Å². The van der Waals surface area contributed by atoms with Crippen LogP contribution in [0.5, 0.6) is 0 Å². The second kappa shape index (κ2) is 10.9. The van der Waals surface area contributed by atoms with Crippen molar-refractivity contribution in [1.82, 2.24) is 10.2 Å². The van der Waals surface area contributed by atoms with Gasteiger partial charge in [-0.15, -0.1) is 0 Å². The molecule has 2 amide bonds. The Hall–Kier alpha value is -3.35. The van der Waals surface area contributed by atoms with Crippen LogP contribution in [0.1, 0.15) is 63.0 Å². The summed E-state index contributed by atoms with van der Waals surface area (Å²) in [7, 11) is 0. The number of benzene rings is 2. The van der Waals surface area contributed by atoms with Gasteiger partial charge in [0.1, 0.15) is 19.2 Å². The lowest BCUT2D eigenvalue weighted by Gasteiger charge is -2.33. The predicted octanol–water partition coefficient (Wildman–Crippen LogP) is 4.80. The number of hydrogen-bond acceptors (Lipinski definition) is 4. The Labute approximate surface area is 206 Å². The van der Waals surface area contributed by atoms with E-state index in [0.29, 0.717) is 6.42 Å². The number of amides is 2. The van der Waals surface area contributed by atoms with E-state index in [9.17, 15) is 19.5 Å². The monoisotopic (exact) mass is 478 g/mol. The molecular weight excluding hydrogens is 444 g/mol. The molecule has 0 aliphatic heterocycles. The maximum absolute atomic E-state index is 13.5. The van der Waals surface area contributed by atoms with Gasteiger partial charge in [-0.3, -0.25) is 9.59 Å². The number of hydrogen-bond donors (Lipinski definition) is 2. The van der Waals surface area contributed by atoms with E-state index < -0.39 is 18.1 Å². The first-order valence-electron chi connectivity index (χ1n) is 12.5. The van der Waals surface area contributed by atoms with E-state index in [-0.39, 0.29) is 36.9 Å². The van der Waals surface area contributed by atoms with Crippen LogP contribution < -0.4 is 5.32 Å². The smallest absolute Gasteiger partial charge is 0.407 e. The summed E-state index contributed by atoms with van der Waals surface area (Å²) in [6.45, 7) is 3.63. The highest BCUT2D eigenvalue weighted by atomic mass is 16.5. The highest BCUT2D eigenvalue weighted by molar-refractivity contribution is 5.88. The molecule has 35 heavy (non-hydrogen) atoms. The molecule has 7 nitrogen and oxygen atoms in total. The molecule has 0 aromatic heterocycles. The molecule has 2 aromatic rings. The van der Waals surface area contributed by atoms with Crippen LogP contribution in [0.3, 0.4) is 0 Å². The van der Waals surface area contributed by atoms with Gasteiger partial charge in [-0.2, -0.15) is 0 Å². The van der Waals surface area contributed by atoms with Gasteiger partial charge in [0.2, 0.25) is 5.91 Å². The molecule has 1 fully saturated rings. The molecule has 0 spiro atoms. The average Bonchev–Trinajstić information content (AvgIpc) is 3.50. The first kappa shape index (κ1) is 24.8. The van der Waals surface area contributed by atoms with Crippen LogP contribution in [0, 0.1) is 5.92 Å². The maximum Gasteiger partial charge on any atom is 0.407 e. The third-order valence-electron chi connectivity index (χ3n) is 7.45. The van der Waals surface area contributed by atoms with Crippen LogP contribution in [-0.2, 0) is 14.3 Å². The van der Waals surface area contributed by atoms with Crippen molar-refractivity contribution in [2.75, 3.05) is 13.2 Å². The molecule has 4 rings (SSSR count). The lowest BCUT2D eigenvalue weighted by molar-refractivity contribution is -0.147. The number of fused-ring (bicyclic) bond motifs is 3. The maximum atomic E-state index is 13.5. The third-order valence-corrected chi connectivity index (χ3v) is 7.45. The summed E-state index contributed by atoms with van der Waals surface area (Å²) in [5.74, 6) is -1.63. The van der Waals surface area contributed by atoms with Crippen LogP contribution in [0.2, 0.25) is 0 Å². The van der Waals surface area contributed by atoms with Gasteiger partial charge in [-0.1, -0.05) is 81.6 Å². The highest BCUT2D eigenvalue weighted by Gasteiger charge is 2.36. The van der Waals surface area contributed by atoms with Crippen molar-refractivity contribution in [1.29, 1.82) is 0 Å². The van der Waals surface area contributed by atoms with Crippen LogP contribution in [-0.4, -0.2) is 53.2 Å². The molecule has 2 atom stereocenters. The molecule has 186 valence electrons. The zero-order valence-corrected chi connectivity index (χ0v) is 20.4. The van der Waals surface area contributed by atoms with Crippen molar-refractivity contribution in [3.8, 4) is 11.1 Å². The fourth-order valence-electron chi connectivity index (χ4n) is 5.38. The molecule has 2 aliphatic carbocycles. The number of alkyl carbamates (subject to hydrolysis) is 1. The van der Waals surface area contributed by atoms with E-state index in [4.69, 9.17) is 4.74 Å². The number of aliphatic carboxylic acids is 1. The summed E-state index contributed by atoms with van der Waals surface area (Å²) in [5, 5.41) is 12.2. The van der Waals surface area contributed by atoms with Gasteiger partial charge < -0.3 is 20.1 Å². The molecule has 0 radical (unpaired) electrons. The fraction of sp³-hybridized carbons (Fsp3) is 0.464. The predicted molar refractivity (Wildman–Crippen MR) is 133 cm³/mol. The van der Waals surface area contributed by atoms with E-state index in [2.05, 4.69) is 29.6 Å². The van der Waals surface area contributed by atoms with E-state index in [1.165, 1.54) is 4.90 Å². The Morgan fingerprint density at radius 1 is 1.03 bits per heavy atom. The molecule has 0 saturated heterocycles. The number of ether oxygens (including phenoxy) is 1. The quantitative estimate of drug-likeness (QED) is 0.540. The molecule has 2 aliphatic rings. The van der Waals surface area contributed by atoms with Crippen molar-refractivity contribution in [3.63, 3.8) is 0 Å². The Bertz CT molecular complexity index is 1030. The van der Waals surface area contributed by atoms with Gasteiger partial charge in [0.25, 0.3) is 0 Å². The number of carboxylic acids is 1. The van der Waals surface area contributed by atoms with Crippen molar-refractivity contribution < 1.29 is 24.2 Å². The minimum Gasteiger partial charge on any atom is -0.480 e. The summed E-state index contributed by atoms with van der Waals surface area (Å²) in [6.07, 6.45) is 3.52. The third kappa shape index (κ3) is 5.34. The van der Waals surface area contributed by atoms with Crippen molar-refractivity contribution in [2.45, 2.75) is 64.0 Å². The van der Waals surface area contributed by atoms with E-state index in [0.717, 1.165) is 47.9 Å². The number of carbonyl (C=O) groups excluding carboxylic acids is 2. The zero-order chi connectivity index (χ0) is 24.9. The Morgan fingerprint density at radius 3 is 2.14 bits per heavy atom. The minimum atomic E-state index is -1.05. The van der Waals surface area contributed by atoms with Gasteiger partial charge in [0, 0.05) is 12.0 Å². The molecule has 1 saturated carbocycles. The van der Waals surface area contributed by atoms with Gasteiger partial charge in [0.05, 0.1) is 0 Å². The molecule has 0 heterocycles. The van der Waals surface area contributed by atoms with Crippen molar-refractivity contribution in [3.05, 3.63) is 59.7 Å². The Kier molecular flexibility index (Phi) is 7.73. The molecule has 2 aromatic carbocycles. The summed E-state index contributed by atoms with van der Waals surface area (Å²) in [4.78, 5) is 39.3. The topological polar surface area (TPSA) is 95.9 Å².